The fourth-order valence-corrected chi connectivity index (χ4v) is 2.74. The SMILES string of the molecule is CC(Nc1cc(C(F)(F)F)nc(Cl)n1)c1ccc(Cl)s1. The lowest BCUT2D eigenvalue weighted by Gasteiger charge is -2.14. The van der Waals surface area contributed by atoms with Crippen molar-refractivity contribution in [2.45, 2.75) is 19.1 Å². The number of rotatable bonds is 3. The first kappa shape index (κ1) is 15.3. The Hall–Kier alpha value is -1.05. The second-order valence-corrected chi connectivity index (χ2v) is 6.00. The second kappa shape index (κ2) is 5.75. The van der Waals surface area contributed by atoms with Crippen molar-refractivity contribution < 1.29 is 13.2 Å². The largest absolute Gasteiger partial charge is 0.433 e. The Morgan fingerprint density at radius 1 is 1.25 bits per heavy atom. The number of alkyl halides is 3. The Kier molecular flexibility index (Phi) is 4.41. The molecule has 0 amide bonds. The van der Waals surface area contributed by atoms with Crippen LogP contribution < -0.4 is 5.32 Å². The Labute approximate surface area is 126 Å². The van der Waals surface area contributed by atoms with E-state index in [9.17, 15) is 13.2 Å². The third-order valence-electron chi connectivity index (χ3n) is 2.37. The normalized spacial score (nSPS) is 13.3. The standard InChI is InChI=1S/C11H8Cl2F3N3S/c1-5(6-2-3-8(12)20-6)17-9-4-7(11(14,15)16)18-10(13)19-9/h2-5H,1H3,(H,17,18,19). The number of aromatic nitrogens is 2. The zero-order valence-electron chi connectivity index (χ0n) is 10.0. The van der Waals surface area contributed by atoms with E-state index in [-0.39, 0.29) is 11.9 Å². The summed E-state index contributed by atoms with van der Waals surface area (Å²) in [6, 6.07) is 4.07. The van der Waals surface area contributed by atoms with E-state index in [1.807, 2.05) is 0 Å². The summed E-state index contributed by atoms with van der Waals surface area (Å²) in [7, 11) is 0. The van der Waals surface area contributed by atoms with Gasteiger partial charge in [0.05, 0.1) is 10.4 Å². The van der Waals surface area contributed by atoms with Gasteiger partial charge < -0.3 is 5.32 Å². The predicted molar refractivity (Wildman–Crippen MR) is 73.4 cm³/mol. The Balaban J connectivity index is 2.23. The summed E-state index contributed by atoms with van der Waals surface area (Å²) in [4.78, 5) is 7.77. The van der Waals surface area contributed by atoms with Gasteiger partial charge in [-0.3, -0.25) is 0 Å². The van der Waals surface area contributed by atoms with Gasteiger partial charge in [-0.1, -0.05) is 11.6 Å². The summed E-state index contributed by atoms with van der Waals surface area (Å²) in [6.45, 7) is 1.78. The molecule has 0 saturated carbocycles. The predicted octanol–water partition coefficient (Wildman–Crippen LogP) is 5.04. The molecule has 2 rings (SSSR count). The van der Waals surface area contributed by atoms with Crippen molar-refractivity contribution in [2.75, 3.05) is 5.32 Å². The molecule has 0 saturated heterocycles. The van der Waals surface area contributed by atoms with E-state index in [4.69, 9.17) is 23.2 Å². The van der Waals surface area contributed by atoms with Gasteiger partial charge in [0.25, 0.3) is 0 Å². The van der Waals surface area contributed by atoms with Crippen LogP contribution >= 0.6 is 34.5 Å². The second-order valence-electron chi connectivity index (χ2n) is 3.91. The molecule has 2 heterocycles. The first-order valence-electron chi connectivity index (χ1n) is 5.39. The smallest absolute Gasteiger partial charge is 0.363 e. The van der Waals surface area contributed by atoms with Crippen LogP contribution in [0.3, 0.4) is 0 Å². The molecule has 0 aliphatic heterocycles. The van der Waals surface area contributed by atoms with Crippen LogP contribution in [-0.2, 0) is 6.18 Å². The number of nitrogens with zero attached hydrogens (tertiary/aromatic N) is 2. The maximum Gasteiger partial charge on any atom is 0.433 e. The van der Waals surface area contributed by atoms with Crippen molar-refractivity contribution >= 4 is 40.4 Å². The van der Waals surface area contributed by atoms with Gasteiger partial charge in [-0.15, -0.1) is 11.3 Å². The number of nitrogens with one attached hydrogen (secondary N) is 1. The molecule has 3 nitrogen and oxygen atoms in total. The molecular weight excluding hydrogens is 334 g/mol. The number of hydrogen-bond acceptors (Lipinski definition) is 4. The molecule has 0 spiro atoms. The highest BCUT2D eigenvalue weighted by molar-refractivity contribution is 7.16. The van der Waals surface area contributed by atoms with Crippen LogP contribution in [0.25, 0.3) is 0 Å². The van der Waals surface area contributed by atoms with Gasteiger partial charge in [-0.25, -0.2) is 9.97 Å². The fraction of sp³-hybridized carbons (Fsp3) is 0.273. The minimum absolute atomic E-state index is 0.00866. The van der Waals surface area contributed by atoms with Crippen LogP contribution in [0.5, 0.6) is 0 Å². The van der Waals surface area contributed by atoms with E-state index in [1.54, 1.807) is 19.1 Å². The highest BCUT2D eigenvalue weighted by Crippen LogP contribution is 2.32. The van der Waals surface area contributed by atoms with Crippen molar-refractivity contribution in [2.24, 2.45) is 0 Å². The van der Waals surface area contributed by atoms with Crippen LogP contribution in [0.15, 0.2) is 18.2 Å². The molecule has 0 aromatic carbocycles. The summed E-state index contributed by atoms with van der Waals surface area (Å²) >= 11 is 12.7. The lowest BCUT2D eigenvalue weighted by Crippen LogP contribution is -2.12. The van der Waals surface area contributed by atoms with E-state index in [2.05, 4.69) is 15.3 Å². The molecule has 0 radical (unpaired) electrons. The highest BCUT2D eigenvalue weighted by Gasteiger charge is 2.33. The van der Waals surface area contributed by atoms with Gasteiger partial charge in [0, 0.05) is 10.9 Å². The summed E-state index contributed by atoms with van der Waals surface area (Å²) in [5.74, 6) is 0.00866. The van der Waals surface area contributed by atoms with E-state index < -0.39 is 17.2 Å². The number of halogens is 5. The van der Waals surface area contributed by atoms with Gasteiger partial charge in [-0.05, 0) is 30.7 Å². The summed E-state index contributed by atoms with van der Waals surface area (Å²) in [5.41, 5.74) is -1.09. The van der Waals surface area contributed by atoms with E-state index >= 15 is 0 Å². The molecule has 20 heavy (non-hydrogen) atoms. The van der Waals surface area contributed by atoms with E-state index in [1.165, 1.54) is 11.3 Å². The van der Waals surface area contributed by atoms with Crippen molar-refractivity contribution in [3.05, 3.63) is 38.4 Å². The molecule has 108 valence electrons. The summed E-state index contributed by atoms with van der Waals surface area (Å²) in [5, 5.41) is 2.38. The monoisotopic (exact) mass is 341 g/mol. The maximum absolute atomic E-state index is 12.6. The Morgan fingerprint density at radius 3 is 2.50 bits per heavy atom. The van der Waals surface area contributed by atoms with Crippen LogP contribution in [0.1, 0.15) is 23.5 Å². The molecule has 2 aromatic heterocycles. The maximum atomic E-state index is 12.6. The lowest BCUT2D eigenvalue weighted by atomic mass is 10.2. The zero-order valence-corrected chi connectivity index (χ0v) is 12.3. The minimum Gasteiger partial charge on any atom is -0.363 e. The van der Waals surface area contributed by atoms with Gasteiger partial charge in [0.1, 0.15) is 5.82 Å². The van der Waals surface area contributed by atoms with Crippen molar-refractivity contribution in [3.8, 4) is 0 Å². The molecule has 2 aromatic rings. The first-order chi connectivity index (χ1) is 9.25. The van der Waals surface area contributed by atoms with Gasteiger partial charge in [0.15, 0.2) is 5.69 Å². The van der Waals surface area contributed by atoms with Gasteiger partial charge >= 0.3 is 6.18 Å². The Morgan fingerprint density at radius 2 is 1.95 bits per heavy atom. The summed E-state index contributed by atoms with van der Waals surface area (Å²) in [6.07, 6.45) is -4.57. The average molecular weight is 342 g/mol. The van der Waals surface area contributed by atoms with E-state index in [0.29, 0.717) is 4.34 Å². The number of hydrogen-bond donors (Lipinski definition) is 1. The zero-order chi connectivity index (χ0) is 14.9. The Bertz CT molecular complexity index is 615. The van der Waals surface area contributed by atoms with Crippen molar-refractivity contribution in [1.29, 1.82) is 0 Å². The number of thiophene rings is 1. The molecule has 0 aliphatic carbocycles. The molecule has 0 aliphatic rings. The topological polar surface area (TPSA) is 37.8 Å². The molecule has 0 bridgehead atoms. The van der Waals surface area contributed by atoms with Crippen molar-refractivity contribution in [1.82, 2.24) is 9.97 Å². The van der Waals surface area contributed by atoms with Gasteiger partial charge in [0.2, 0.25) is 5.28 Å². The molecule has 1 atom stereocenters. The minimum atomic E-state index is -4.57. The quantitative estimate of drug-likeness (QED) is 0.795. The molecule has 9 heteroatoms. The van der Waals surface area contributed by atoms with Crippen LogP contribution in [-0.4, -0.2) is 9.97 Å². The van der Waals surface area contributed by atoms with Crippen LogP contribution in [0.4, 0.5) is 19.0 Å². The molecule has 1 N–H and O–H groups in total. The average Bonchev–Trinajstić information content (AvgIpc) is 2.74. The molecule has 0 fully saturated rings. The van der Waals surface area contributed by atoms with Crippen molar-refractivity contribution in [3.63, 3.8) is 0 Å². The third kappa shape index (κ3) is 3.74. The third-order valence-corrected chi connectivity index (χ3v) is 3.96. The number of anilines is 1. The first-order valence-corrected chi connectivity index (χ1v) is 6.96. The van der Waals surface area contributed by atoms with Crippen LogP contribution in [0.2, 0.25) is 9.62 Å². The molecular formula is C11H8Cl2F3N3S. The molecule has 1 unspecified atom stereocenters. The van der Waals surface area contributed by atoms with Gasteiger partial charge in [-0.2, -0.15) is 13.2 Å². The lowest BCUT2D eigenvalue weighted by molar-refractivity contribution is -0.141. The highest BCUT2D eigenvalue weighted by atomic mass is 35.5. The summed E-state index contributed by atoms with van der Waals surface area (Å²) < 4.78 is 38.5. The van der Waals surface area contributed by atoms with Crippen LogP contribution in [0, 0.1) is 0 Å². The fourth-order valence-electron chi connectivity index (χ4n) is 1.49. The van der Waals surface area contributed by atoms with E-state index in [0.717, 1.165) is 10.9 Å².